The number of amides is 2. The van der Waals surface area contributed by atoms with Gasteiger partial charge in [0.1, 0.15) is 0 Å². The summed E-state index contributed by atoms with van der Waals surface area (Å²) in [4.78, 5) is 24.0. The van der Waals surface area contributed by atoms with Gasteiger partial charge in [0.25, 0.3) is 0 Å². The quantitative estimate of drug-likeness (QED) is 0.517. The topological polar surface area (TPSA) is 106 Å². The van der Waals surface area contributed by atoms with E-state index in [-0.39, 0.29) is 0 Å². The number of nitrogens with one attached hydrogen (secondary N) is 2. The first kappa shape index (κ1) is 17.5. The maximum atomic E-state index is 11.1. The molecule has 0 aromatic carbocycles. The zero-order valence-corrected chi connectivity index (χ0v) is 11.6. The summed E-state index contributed by atoms with van der Waals surface area (Å²) in [6.07, 6.45) is -0.889. The van der Waals surface area contributed by atoms with E-state index >= 15 is 0 Å². The van der Waals surface area contributed by atoms with E-state index in [1.165, 1.54) is 7.11 Å². The van der Waals surface area contributed by atoms with Crippen LogP contribution in [0.4, 0.5) is 9.59 Å². The molecule has 0 saturated carbocycles. The summed E-state index contributed by atoms with van der Waals surface area (Å²) in [7, 11) is 1.32. The molecule has 112 valence electrons. The summed E-state index contributed by atoms with van der Waals surface area (Å²) in [5.41, 5.74) is 5.50. The molecule has 0 spiro atoms. The lowest BCUT2D eigenvalue weighted by molar-refractivity contribution is 0.150. The van der Waals surface area contributed by atoms with Crippen molar-refractivity contribution in [3.8, 4) is 0 Å². The third-order valence-electron chi connectivity index (χ3n) is 2.30. The molecule has 0 saturated heterocycles. The Bertz CT molecular complexity index is 263. The van der Waals surface area contributed by atoms with Crippen LogP contribution in [0.1, 0.15) is 6.92 Å². The van der Waals surface area contributed by atoms with Gasteiger partial charge in [0, 0.05) is 39.3 Å². The first-order valence-electron chi connectivity index (χ1n) is 6.28. The van der Waals surface area contributed by atoms with Crippen molar-refractivity contribution in [2.75, 3.05) is 53.0 Å². The predicted octanol–water partition coefficient (Wildman–Crippen LogP) is -0.651. The highest BCUT2D eigenvalue weighted by molar-refractivity contribution is 5.67. The Morgan fingerprint density at radius 3 is 2.16 bits per heavy atom. The van der Waals surface area contributed by atoms with E-state index in [2.05, 4.69) is 15.4 Å². The van der Waals surface area contributed by atoms with Crippen LogP contribution in [0.5, 0.6) is 0 Å². The highest BCUT2D eigenvalue weighted by atomic mass is 16.5. The van der Waals surface area contributed by atoms with Gasteiger partial charge in [0.15, 0.2) is 0 Å². The fourth-order valence-corrected chi connectivity index (χ4v) is 1.40. The predicted molar refractivity (Wildman–Crippen MR) is 70.9 cm³/mol. The Morgan fingerprint density at radius 2 is 1.68 bits per heavy atom. The third kappa shape index (κ3) is 10.1. The van der Waals surface area contributed by atoms with E-state index in [4.69, 9.17) is 10.5 Å². The average molecular weight is 276 g/mol. The molecule has 0 fully saturated rings. The van der Waals surface area contributed by atoms with E-state index in [1.807, 2.05) is 4.90 Å². The van der Waals surface area contributed by atoms with Crippen molar-refractivity contribution in [1.29, 1.82) is 0 Å². The second-order valence-corrected chi connectivity index (χ2v) is 3.70. The minimum Gasteiger partial charge on any atom is -0.453 e. The van der Waals surface area contributed by atoms with Gasteiger partial charge in [0.05, 0.1) is 13.7 Å². The highest BCUT2D eigenvalue weighted by Gasteiger charge is 2.06. The van der Waals surface area contributed by atoms with Gasteiger partial charge in [-0.05, 0) is 6.92 Å². The molecule has 0 radical (unpaired) electrons. The molecule has 0 heterocycles. The van der Waals surface area contributed by atoms with E-state index in [0.717, 1.165) is 0 Å². The molecular weight excluding hydrogens is 252 g/mol. The van der Waals surface area contributed by atoms with Crippen molar-refractivity contribution in [2.24, 2.45) is 5.73 Å². The maximum Gasteiger partial charge on any atom is 0.407 e. The molecule has 8 nitrogen and oxygen atoms in total. The molecule has 0 aliphatic heterocycles. The van der Waals surface area contributed by atoms with Crippen molar-refractivity contribution >= 4 is 12.2 Å². The Labute approximate surface area is 113 Å². The zero-order chi connectivity index (χ0) is 14.5. The number of alkyl carbamates (subject to hydrolysis) is 2. The van der Waals surface area contributed by atoms with Crippen LogP contribution in [0, 0.1) is 0 Å². The summed E-state index contributed by atoms with van der Waals surface area (Å²) in [5.74, 6) is 0. The largest absolute Gasteiger partial charge is 0.453 e. The fraction of sp³-hybridized carbons (Fsp3) is 0.818. The normalized spacial score (nSPS) is 10.1. The van der Waals surface area contributed by atoms with Gasteiger partial charge in [-0.2, -0.15) is 0 Å². The lowest BCUT2D eigenvalue weighted by Crippen LogP contribution is -2.41. The van der Waals surface area contributed by atoms with Gasteiger partial charge in [-0.15, -0.1) is 0 Å². The van der Waals surface area contributed by atoms with Crippen LogP contribution >= 0.6 is 0 Å². The monoisotopic (exact) mass is 276 g/mol. The fourth-order valence-electron chi connectivity index (χ4n) is 1.40. The van der Waals surface area contributed by atoms with Gasteiger partial charge < -0.3 is 25.8 Å². The van der Waals surface area contributed by atoms with Gasteiger partial charge >= 0.3 is 12.2 Å². The summed E-state index contributed by atoms with van der Waals surface area (Å²) in [6, 6.07) is 0. The summed E-state index contributed by atoms with van der Waals surface area (Å²) in [5, 5.41) is 5.21. The average Bonchev–Trinajstić information content (AvgIpc) is 2.38. The van der Waals surface area contributed by atoms with Crippen molar-refractivity contribution < 1.29 is 19.1 Å². The highest BCUT2D eigenvalue weighted by Crippen LogP contribution is 1.86. The van der Waals surface area contributed by atoms with Crippen LogP contribution in [-0.2, 0) is 9.47 Å². The molecule has 0 aromatic rings. The van der Waals surface area contributed by atoms with Crippen molar-refractivity contribution in [2.45, 2.75) is 6.92 Å². The number of hydrogen-bond donors (Lipinski definition) is 3. The van der Waals surface area contributed by atoms with E-state index in [0.29, 0.717) is 45.9 Å². The Hall–Kier alpha value is -1.54. The second kappa shape index (κ2) is 11.5. The van der Waals surface area contributed by atoms with Crippen LogP contribution in [0.2, 0.25) is 0 Å². The summed E-state index contributed by atoms with van der Waals surface area (Å²) in [6.45, 7) is 5.50. The molecule has 0 aromatic heterocycles. The molecule has 19 heavy (non-hydrogen) atoms. The Kier molecular flexibility index (Phi) is 10.6. The Morgan fingerprint density at radius 1 is 1.11 bits per heavy atom. The molecule has 4 N–H and O–H groups in total. The van der Waals surface area contributed by atoms with Gasteiger partial charge in [-0.1, -0.05) is 0 Å². The number of rotatable bonds is 9. The smallest absolute Gasteiger partial charge is 0.407 e. The molecule has 2 amide bonds. The number of methoxy groups -OCH3 is 1. The number of nitrogens with zero attached hydrogens (tertiary/aromatic N) is 1. The van der Waals surface area contributed by atoms with Crippen molar-refractivity contribution in [3.05, 3.63) is 0 Å². The second-order valence-electron chi connectivity index (χ2n) is 3.70. The minimum absolute atomic E-state index is 0.349. The maximum absolute atomic E-state index is 11.1. The van der Waals surface area contributed by atoms with Gasteiger partial charge in [0.2, 0.25) is 0 Å². The standard InChI is InChI=1S/C11H24N4O4/c1-3-19-11(17)14-6-9-15(7-4-12)8-5-13-10(16)18-2/h3-9,12H2,1-2H3,(H,13,16)(H,14,17). The molecule has 0 aliphatic carbocycles. The van der Waals surface area contributed by atoms with Crippen LogP contribution < -0.4 is 16.4 Å². The number of carbonyl (C=O) groups is 2. The van der Waals surface area contributed by atoms with Gasteiger partial charge in [-0.25, -0.2) is 9.59 Å². The lowest BCUT2D eigenvalue weighted by Gasteiger charge is -2.21. The number of carbonyl (C=O) groups excluding carboxylic acids is 2. The lowest BCUT2D eigenvalue weighted by atomic mass is 10.4. The van der Waals surface area contributed by atoms with E-state index in [9.17, 15) is 9.59 Å². The van der Waals surface area contributed by atoms with E-state index in [1.54, 1.807) is 6.92 Å². The number of hydrogen-bond acceptors (Lipinski definition) is 6. The summed E-state index contributed by atoms with van der Waals surface area (Å²) >= 11 is 0. The first-order chi connectivity index (χ1) is 9.13. The van der Waals surface area contributed by atoms with Crippen LogP contribution in [0.3, 0.4) is 0 Å². The number of nitrogens with two attached hydrogens (primary N) is 1. The molecule has 0 atom stereocenters. The van der Waals surface area contributed by atoms with Gasteiger partial charge in [-0.3, -0.25) is 4.90 Å². The summed E-state index contributed by atoms with van der Waals surface area (Å²) < 4.78 is 9.21. The minimum atomic E-state index is -0.461. The molecular formula is C11H24N4O4. The molecule has 8 heteroatoms. The molecule has 0 rings (SSSR count). The van der Waals surface area contributed by atoms with Crippen LogP contribution in [-0.4, -0.2) is 70.1 Å². The zero-order valence-electron chi connectivity index (χ0n) is 11.6. The SMILES string of the molecule is CCOC(=O)NCCN(CCN)CCNC(=O)OC. The van der Waals surface area contributed by atoms with Crippen molar-refractivity contribution in [3.63, 3.8) is 0 Å². The Balaban J connectivity index is 3.78. The van der Waals surface area contributed by atoms with Crippen LogP contribution in [0.15, 0.2) is 0 Å². The third-order valence-corrected chi connectivity index (χ3v) is 2.30. The molecule has 0 bridgehead atoms. The first-order valence-corrected chi connectivity index (χ1v) is 6.28. The van der Waals surface area contributed by atoms with E-state index < -0.39 is 12.2 Å². The number of ether oxygens (including phenoxy) is 2. The van der Waals surface area contributed by atoms with Crippen LogP contribution in [0.25, 0.3) is 0 Å². The molecule has 0 aliphatic rings. The van der Waals surface area contributed by atoms with Crippen molar-refractivity contribution in [1.82, 2.24) is 15.5 Å². The molecule has 0 unspecified atom stereocenters.